The van der Waals surface area contributed by atoms with Crippen LogP contribution in [-0.4, -0.2) is 23.3 Å². The van der Waals surface area contributed by atoms with Crippen LogP contribution in [-0.2, 0) is 9.53 Å². The van der Waals surface area contributed by atoms with Crippen molar-refractivity contribution in [2.75, 3.05) is 6.61 Å². The van der Waals surface area contributed by atoms with Crippen LogP contribution in [0.4, 0.5) is 0 Å². The van der Waals surface area contributed by atoms with Gasteiger partial charge in [-0.1, -0.05) is 26.2 Å². The maximum atomic E-state index is 11.7. The Morgan fingerprint density at radius 3 is 2.50 bits per heavy atom. The van der Waals surface area contributed by atoms with Crippen LogP contribution in [0, 0.1) is 11.8 Å². The van der Waals surface area contributed by atoms with Crippen LogP contribution in [0.5, 0.6) is 0 Å². The third kappa shape index (κ3) is 3.21. The van der Waals surface area contributed by atoms with Crippen LogP contribution in [0.3, 0.4) is 0 Å². The molecular weight excluding hydrogens is 204 g/mol. The van der Waals surface area contributed by atoms with Gasteiger partial charge in [0.05, 0.1) is 18.1 Å². The van der Waals surface area contributed by atoms with Gasteiger partial charge in [-0.25, -0.2) is 0 Å². The molecule has 0 bridgehead atoms. The first-order chi connectivity index (χ1) is 7.51. The van der Waals surface area contributed by atoms with Crippen molar-refractivity contribution in [3.8, 4) is 0 Å². The quantitative estimate of drug-likeness (QED) is 0.711. The van der Waals surface area contributed by atoms with E-state index in [2.05, 4.69) is 0 Å². The summed E-state index contributed by atoms with van der Waals surface area (Å²) in [6.07, 6.45) is 5.00. The molecular formula is C13H24O3. The van der Waals surface area contributed by atoms with E-state index in [1.165, 1.54) is 19.3 Å². The minimum absolute atomic E-state index is 0.255. The van der Waals surface area contributed by atoms with E-state index in [4.69, 9.17) is 4.74 Å². The van der Waals surface area contributed by atoms with E-state index >= 15 is 0 Å². The molecule has 2 unspecified atom stereocenters. The summed E-state index contributed by atoms with van der Waals surface area (Å²) in [7, 11) is 0. The average Bonchev–Trinajstić information content (AvgIpc) is 2.13. The number of rotatable bonds is 6. The number of aliphatic hydroxyl groups is 1. The monoisotopic (exact) mass is 228 g/mol. The lowest BCUT2D eigenvalue weighted by atomic mass is 9.73. The third-order valence-corrected chi connectivity index (χ3v) is 3.66. The number of hydrogen-bond donors (Lipinski definition) is 1. The van der Waals surface area contributed by atoms with Crippen molar-refractivity contribution >= 4 is 5.97 Å². The smallest absolute Gasteiger partial charge is 0.311 e. The zero-order chi connectivity index (χ0) is 12.2. The Hall–Kier alpha value is -0.570. The molecule has 1 aliphatic carbocycles. The average molecular weight is 228 g/mol. The van der Waals surface area contributed by atoms with Crippen LogP contribution in [0.2, 0.25) is 0 Å². The van der Waals surface area contributed by atoms with Crippen LogP contribution >= 0.6 is 0 Å². The first kappa shape index (κ1) is 13.5. The number of ether oxygens (including phenoxy) is 1. The highest BCUT2D eigenvalue weighted by Crippen LogP contribution is 2.37. The summed E-state index contributed by atoms with van der Waals surface area (Å²) in [5.41, 5.74) is -0.911. The van der Waals surface area contributed by atoms with Crippen molar-refractivity contribution in [1.82, 2.24) is 0 Å². The molecule has 3 heteroatoms. The fraction of sp³-hybridized carbons (Fsp3) is 0.923. The number of esters is 1. The van der Waals surface area contributed by atoms with E-state index in [1.54, 1.807) is 13.8 Å². The molecule has 0 heterocycles. The van der Waals surface area contributed by atoms with Gasteiger partial charge in [0, 0.05) is 0 Å². The Morgan fingerprint density at radius 2 is 2.12 bits per heavy atom. The number of carbonyl (C=O) groups excluding carboxylic acids is 1. The first-order valence-corrected chi connectivity index (χ1v) is 6.40. The lowest BCUT2D eigenvalue weighted by Crippen LogP contribution is -2.42. The zero-order valence-corrected chi connectivity index (χ0v) is 10.7. The molecule has 0 aromatic carbocycles. The molecule has 0 aromatic heterocycles. The minimum Gasteiger partial charge on any atom is -0.466 e. The lowest BCUT2D eigenvalue weighted by molar-refractivity contribution is -0.159. The molecule has 0 spiro atoms. The standard InChI is InChI=1S/C13H24O3/c1-4-11(12(14)16-5-2)13(3,15)9-10-7-6-8-10/h10-11,15H,4-9H2,1-3H3. The number of hydrogen-bond acceptors (Lipinski definition) is 3. The fourth-order valence-corrected chi connectivity index (χ4v) is 2.53. The van der Waals surface area contributed by atoms with Gasteiger partial charge in [-0.15, -0.1) is 0 Å². The van der Waals surface area contributed by atoms with Gasteiger partial charge >= 0.3 is 5.97 Å². The molecule has 1 rings (SSSR count). The summed E-state index contributed by atoms with van der Waals surface area (Å²) >= 11 is 0. The van der Waals surface area contributed by atoms with Gasteiger partial charge in [0.25, 0.3) is 0 Å². The van der Waals surface area contributed by atoms with Gasteiger partial charge in [-0.2, -0.15) is 0 Å². The largest absolute Gasteiger partial charge is 0.466 e. The summed E-state index contributed by atoms with van der Waals surface area (Å²) in [5.74, 6) is -0.0409. The van der Waals surface area contributed by atoms with Crippen LogP contribution < -0.4 is 0 Å². The van der Waals surface area contributed by atoms with Crippen molar-refractivity contribution in [1.29, 1.82) is 0 Å². The SMILES string of the molecule is CCOC(=O)C(CC)C(C)(O)CC1CCC1. The topological polar surface area (TPSA) is 46.5 Å². The van der Waals surface area contributed by atoms with Gasteiger partial charge in [-0.05, 0) is 32.6 Å². The molecule has 0 aromatic rings. The summed E-state index contributed by atoms with van der Waals surface area (Å²) in [6.45, 7) is 5.88. The molecule has 3 nitrogen and oxygen atoms in total. The van der Waals surface area contributed by atoms with Crippen LogP contribution in [0.15, 0.2) is 0 Å². The summed E-state index contributed by atoms with van der Waals surface area (Å²) < 4.78 is 5.02. The highest BCUT2D eigenvalue weighted by atomic mass is 16.5. The molecule has 1 fully saturated rings. The number of carbonyl (C=O) groups is 1. The van der Waals surface area contributed by atoms with Gasteiger partial charge in [0.2, 0.25) is 0 Å². The molecule has 16 heavy (non-hydrogen) atoms. The van der Waals surface area contributed by atoms with Gasteiger partial charge in [0.1, 0.15) is 0 Å². The summed E-state index contributed by atoms with van der Waals surface area (Å²) in [5, 5.41) is 10.4. The van der Waals surface area contributed by atoms with E-state index in [0.29, 0.717) is 18.9 Å². The molecule has 0 aliphatic heterocycles. The molecule has 94 valence electrons. The molecule has 0 radical (unpaired) electrons. The van der Waals surface area contributed by atoms with E-state index in [9.17, 15) is 9.90 Å². The second-order valence-electron chi connectivity index (χ2n) is 5.07. The van der Waals surface area contributed by atoms with Crippen molar-refractivity contribution in [2.24, 2.45) is 11.8 Å². The Labute approximate surface area is 98.2 Å². The third-order valence-electron chi connectivity index (χ3n) is 3.66. The second kappa shape index (κ2) is 5.67. The highest BCUT2D eigenvalue weighted by molar-refractivity contribution is 5.73. The predicted molar refractivity (Wildman–Crippen MR) is 63.0 cm³/mol. The van der Waals surface area contributed by atoms with E-state index in [0.717, 1.165) is 6.42 Å². The molecule has 1 aliphatic rings. The maximum Gasteiger partial charge on any atom is 0.311 e. The Morgan fingerprint density at radius 1 is 1.50 bits per heavy atom. The van der Waals surface area contributed by atoms with E-state index < -0.39 is 5.60 Å². The molecule has 1 saturated carbocycles. The van der Waals surface area contributed by atoms with E-state index in [1.807, 2.05) is 6.92 Å². The minimum atomic E-state index is -0.911. The molecule has 0 amide bonds. The first-order valence-electron chi connectivity index (χ1n) is 6.40. The Bertz CT molecular complexity index is 231. The van der Waals surface area contributed by atoms with Crippen molar-refractivity contribution < 1.29 is 14.6 Å². The zero-order valence-electron chi connectivity index (χ0n) is 10.7. The second-order valence-corrected chi connectivity index (χ2v) is 5.07. The Kier molecular flexibility index (Phi) is 4.78. The summed E-state index contributed by atoms with van der Waals surface area (Å²) in [4.78, 5) is 11.7. The Balaban J connectivity index is 2.56. The van der Waals surface area contributed by atoms with Crippen molar-refractivity contribution in [3.05, 3.63) is 0 Å². The highest BCUT2D eigenvalue weighted by Gasteiger charge is 2.39. The molecule has 2 atom stereocenters. The maximum absolute atomic E-state index is 11.7. The van der Waals surface area contributed by atoms with E-state index in [-0.39, 0.29) is 11.9 Å². The van der Waals surface area contributed by atoms with Gasteiger partial charge in [-0.3, -0.25) is 4.79 Å². The fourth-order valence-electron chi connectivity index (χ4n) is 2.53. The van der Waals surface area contributed by atoms with Crippen LogP contribution in [0.1, 0.15) is 52.9 Å². The normalized spacial score (nSPS) is 22.0. The van der Waals surface area contributed by atoms with Crippen molar-refractivity contribution in [2.45, 2.75) is 58.5 Å². The van der Waals surface area contributed by atoms with Gasteiger partial charge in [0.15, 0.2) is 0 Å². The van der Waals surface area contributed by atoms with Gasteiger partial charge < -0.3 is 9.84 Å². The lowest BCUT2D eigenvalue weighted by Gasteiger charge is -2.37. The molecule has 0 saturated heterocycles. The van der Waals surface area contributed by atoms with Crippen molar-refractivity contribution in [3.63, 3.8) is 0 Å². The predicted octanol–water partition coefficient (Wildman–Crippen LogP) is 2.52. The van der Waals surface area contributed by atoms with Crippen LogP contribution in [0.25, 0.3) is 0 Å². The summed E-state index contributed by atoms with van der Waals surface area (Å²) in [6, 6.07) is 0. The molecule has 1 N–H and O–H groups in total.